The van der Waals surface area contributed by atoms with Crippen molar-refractivity contribution in [3.63, 3.8) is 0 Å². The number of oxime groups is 1. The molecular formula is C24H39NO3. The van der Waals surface area contributed by atoms with Crippen molar-refractivity contribution in [2.45, 2.75) is 91.4 Å². The number of fused-ring (bicyclic) bond motifs is 5. The van der Waals surface area contributed by atoms with E-state index in [9.17, 15) is 10.0 Å². The number of carboxylic acids is 1. The van der Waals surface area contributed by atoms with Crippen molar-refractivity contribution in [2.24, 2.45) is 51.5 Å². The van der Waals surface area contributed by atoms with Crippen LogP contribution in [0.1, 0.15) is 91.4 Å². The third-order valence-corrected chi connectivity index (χ3v) is 10.2. The Bertz CT molecular complexity index is 646. The summed E-state index contributed by atoms with van der Waals surface area (Å²) in [5, 5.41) is 21.9. The summed E-state index contributed by atoms with van der Waals surface area (Å²) in [6.45, 7) is 7.41. The van der Waals surface area contributed by atoms with E-state index in [-0.39, 0.29) is 0 Å². The highest BCUT2D eigenvalue weighted by Crippen LogP contribution is 2.68. The third-order valence-electron chi connectivity index (χ3n) is 10.2. The molecule has 8 atom stereocenters. The van der Waals surface area contributed by atoms with Crippen molar-refractivity contribution >= 4 is 11.7 Å². The lowest BCUT2D eigenvalue weighted by Gasteiger charge is -2.60. The van der Waals surface area contributed by atoms with Gasteiger partial charge in [-0.1, -0.05) is 25.9 Å². The molecule has 0 heterocycles. The molecule has 4 heteroatoms. The number of nitrogens with zero attached hydrogens (tertiary/aromatic N) is 1. The lowest BCUT2D eigenvalue weighted by atomic mass is 9.44. The molecule has 4 aliphatic rings. The minimum Gasteiger partial charge on any atom is -0.481 e. The van der Waals surface area contributed by atoms with Gasteiger partial charge in [0.1, 0.15) is 0 Å². The number of carboxylic acid groups (broad SMARTS) is 1. The maximum absolute atomic E-state index is 11.1. The van der Waals surface area contributed by atoms with E-state index in [0.29, 0.717) is 35.0 Å². The van der Waals surface area contributed by atoms with E-state index < -0.39 is 5.97 Å². The second-order valence-corrected chi connectivity index (χ2v) is 11.2. The van der Waals surface area contributed by atoms with Crippen LogP contribution in [0.5, 0.6) is 0 Å². The zero-order valence-corrected chi connectivity index (χ0v) is 18.0. The normalized spacial score (nSPS) is 47.8. The van der Waals surface area contributed by atoms with Crippen molar-refractivity contribution in [1.82, 2.24) is 0 Å². The molecule has 4 aliphatic carbocycles. The van der Waals surface area contributed by atoms with Crippen LogP contribution in [0.3, 0.4) is 0 Å². The van der Waals surface area contributed by atoms with E-state index >= 15 is 0 Å². The topological polar surface area (TPSA) is 69.9 Å². The summed E-state index contributed by atoms with van der Waals surface area (Å²) in [7, 11) is 0. The molecule has 2 N–H and O–H groups in total. The number of rotatable bonds is 4. The molecule has 28 heavy (non-hydrogen) atoms. The summed E-state index contributed by atoms with van der Waals surface area (Å²) in [5.74, 6) is 3.78. The summed E-state index contributed by atoms with van der Waals surface area (Å²) in [6, 6.07) is 0. The molecule has 4 rings (SSSR count). The Balaban J connectivity index is 1.51. The Labute approximate surface area is 170 Å². The molecule has 0 aromatic heterocycles. The van der Waals surface area contributed by atoms with Crippen LogP contribution in [0.4, 0.5) is 0 Å². The highest BCUT2D eigenvalue weighted by Gasteiger charge is 2.60. The first-order valence-electron chi connectivity index (χ1n) is 11.7. The Kier molecular flexibility index (Phi) is 5.29. The monoisotopic (exact) mass is 389 g/mol. The van der Waals surface area contributed by atoms with E-state index in [1.807, 2.05) is 0 Å². The predicted octanol–water partition coefficient (Wildman–Crippen LogP) is 5.98. The predicted molar refractivity (Wildman–Crippen MR) is 110 cm³/mol. The zero-order valence-electron chi connectivity index (χ0n) is 18.0. The number of aliphatic carboxylic acids is 1. The number of hydrogen-bond donors (Lipinski definition) is 2. The van der Waals surface area contributed by atoms with E-state index in [1.165, 1.54) is 44.9 Å². The van der Waals surface area contributed by atoms with Crippen molar-refractivity contribution in [2.75, 3.05) is 0 Å². The molecule has 0 unspecified atom stereocenters. The van der Waals surface area contributed by atoms with Crippen LogP contribution in [0.2, 0.25) is 0 Å². The van der Waals surface area contributed by atoms with Gasteiger partial charge >= 0.3 is 5.97 Å². The molecule has 0 radical (unpaired) electrons. The first kappa shape index (κ1) is 20.2. The molecule has 0 aliphatic heterocycles. The van der Waals surface area contributed by atoms with Crippen molar-refractivity contribution < 1.29 is 15.1 Å². The first-order chi connectivity index (χ1) is 13.3. The van der Waals surface area contributed by atoms with Crippen LogP contribution < -0.4 is 0 Å². The molecule has 0 amide bonds. The van der Waals surface area contributed by atoms with Gasteiger partial charge in [-0.15, -0.1) is 0 Å². The lowest BCUT2D eigenvalue weighted by molar-refractivity contribution is -0.137. The fourth-order valence-corrected chi connectivity index (χ4v) is 8.68. The number of carbonyl (C=O) groups is 1. The maximum Gasteiger partial charge on any atom is 0.303 e. The van der Waals surface area contributed by atoms with Crippen LogP contribution in [-0.2, 0) is 4.79 Å². The molecule has 158 valence electrons. The standard InChI is InChI=1S/C24H39NO3/c1-15(4-9-22(26)27)19-7-8-20-18-6-5-16-14-17(25-28)10-12-23(16,2)21(18)11-13-24(19,20)3/h15-16,18-21,28H,4-14H2,1-3H3,(H,26,27)/b25-17-/t15-,16-,18+,19-,20+,21+,23+,24-/m0/s1. The largest absolute Gasteiger partial charge is 0.481 e. The molecule has 0 saturated heterocycles. The minimum atomic E-state index is -0.649. The molecule has 4 fully saturated rings. The van der Waals surface area contributed by atoms with Crippen LogP contribution in [-0.4, -0.2) is 22.0 Å². The highest BCUT2D eigenvalue weighted by atomic mass is 16.4. The first-order valence-corrected chi connectivity index (χ1v) is 11.7. The SMILES string of the molecule is C[C@@H](CCC(=O)O)[C@@H]1CC[C@@H]2[C@H]3CC[C@H]4C/C(=N\O)CC[C@@]4(C)[C@@H]3CC[C@]21C. The van der Waals surface area contributed by atoms with Gasteiger partial charge in [-0.2, -0.15) is 0 Å². The molecule has 4 saturated carbocycles. The van der Waals surface area contributed by atoms with Crippen molar-refractivity contribution in [3.8, 4) is 0 Å². The average molecular weight is 390 g/mol. The smallest absolute Gasteiger partial charge is 0.303 e. The fourth-order valence-electron chi connectivity index (χ4n) is 8.68. The second-order valence-electron chi connectivity index (χ2n) is 11.2. The van der Waals surface area contributed by atoms with Crippen molar-refractivity contribution in [3.05, 3.63) is 0 Å². The Morgan fingerprint density at radius 1 is 1.11 bits per heavy atom. The molecule has 0 spiro atoms. The summed E-state index contributed by atoms with van der Waals surface area (Å²) >= 11 is 0. The van der Waals surface area contributed by atoms with E-state index in [0.717, 1.165) is 42.7 Å². The van der Waals surface area contributed by atoms with Crippen LogP contribution >= 0.6 is 0 Å². The quantitative estimate of drug-likeness (QED) is 0.459. The molecular weight excluding hydrogens is 350 g/mol. The molecule has 0 bridgehead atoms. The van der Waals surface area contributed by atoms with Crippen LogP contribution in [0.15, 0.2) is 5.16 Å². The minimum absolute atomic E-state index is 0.318. The highest BCUT2D eigenvalue weighted by molar-refractivity contribution is 5.85. The summed E-state index contributed by atoms with van der Waals surface area (Å²) in [5.41, 5.74) is 1.86. The second kappa shape index (κ2) is 7.32. The van der Waals surface area contributed by atoms with Gasteiger partial charge in [0.05, 0.1) is 5.71 Å². The molecule has 0 aromatic rings. The van der Waals surface area contributed by atoms with Gasteiger partial charge < -0.3 is 10.3 Å². The Morgan fingerprint density at radius 3 is 2.57 bits per heavy atom. The average Bonchev–Trinajstić information content (AvgIpc) is 3.02. The van der Waals surface area contributed by atoms with Crippen LogP contribution in [0, 0.1) is 46.3 Å². The van der Waals surface area contributed by atoms with Gasteiger partial charge in [0.2, 0.25) is 0 Å². The van der Waals surface area contributed by atoms with Gasteiger partial charge in [-0.05, 0) is 111 Å². The lowest BCUT2D eigenvalue weighted by Crippen LogP contribution is -2.53. The molecule has 4 nitrogen and oxygen atoms in total. The van der Waals surface area contributed by atoms with Gasteiger partial charge in [0.25, 0.3) is 0 Å². The summed E-state index contributed by atoms with van der Waals surface area (Å²) in [4.78, 5) is 11.1. The van der Waals surface area contributed by atoms with Gasteiger partial charge in [-0.3, -0.25) is 4.79 Å². The fraction of sp³-hybridized carbons (Fsp3) is 0.917. The number of hydrogen-bond acceptors (Lipinski definition) is 3. The Hall–Kier alpha value is -1.06. The Morgan fingerprint density at radius 2 is 1.86 bits per heavy atom. The van der Waals surface area contributed by atoms with E-state index in [1.54, 1.807) is 0 Å². The van der Waals surface area contributed by atoms with Gasteiger partial charge in [0, 0.05) is 6.42 Å². The van der Waals surface area contributed by atoms with E-state index in [2.05, 4.69) is 25.9 Å². The third kappa shape index (κ3) is 3.10. The maximum atomic E-state index is 11.1. The summed E-state index contributed by atoms with van der Waals surface area (Å²) < 4.78 is 0. The van der Waals surface area contributed by atoms with Gasteiger partial charge in [-0.25, -0.2) is 0 Å². The molecule has 0 aromatic carbocycles. The van der Waals surface area contributed by atoms with E-state index in [4.69, 9.17) is 5.11 Å². The van der Waals surface area contributed by atoms with Gasteiger partial charge in [0.15, 0.2) is 0 Å². The van der Waals surface area contributed by atoms with Crippen LogP contribution in [0.25, 0.3) is 0 Å². The van der Waals surface area contributed by atoms with Crippen molar-refractivity contribution in [1.29, 1.82) is 0 Å². The zero-order chi connectivity index (χ0) is 20.1. The summed E-state index contributed by atoms with van der Waals surface area (Å²) in [6.07, 6.45) is 12.3.